The van der Waals surface area contributed by atoms with Crippen molar-refractivity contribution in [3.05, 3.63) is 59.4 Å². The molecular weight excluding hydrogens is 255 g/mol. The summed E-state index contributed by atoms with van der Waals surface area (Å²) in [6.45, 7) is 2.34. The number of anilines is 1. The molecule has 0 amide bonds. The first-order valence-electron chi connectivity index (χ1n) is 6.28. The van der Waals surface area contributed by atoms with E-state index in [-0.39, 0.29) is 12.4 Å². The number of nitrogens with one attached hydrogen (secondary N) is 1. The van der Waals surface area contributed by atoms with E-state index >= 15 is 0 Å². The van der Waals surface area contributed by atoms with Crippen molar-refractivity contribution in [2.24, 2.45) is 0 Å². The van der Waals surface area contributed by atoms with Gasteiger partial charge < -0.3 is 10.1 Å². The molecule has 0 bridgehead atoms. The van der Waals surface area contributed by atoms with E-state index in [2.05, 4.69) is 5.32 Å². The second kappa shape index (κ2) is 6.58. The van der Waals surface area contributed by atoms with E-state index in [1.54, 1.807) is 18.2 Å². The van der Waals surface area contributed by atoms with Gasteiger partial charge in [0.25, 0.3) is 0 Å². The van der Waals surface area contributed by atoms with Crippen LogP contribution in [0.5, 0.6) is 5.75 Å². The smallest absolute Gasteiger partial charge is 0.174 e. The van der Waals surface area contributed by atoms with E-state index < -0.39 is 0 Å². The quantitative estimate of drug-likeness (QED) is 0.902. The predicted octanol–water partition coefficient (Wildman–Crippen LogP) is 3.65. The molecule has 0 heterocycles. The zero-order valence-electron chi connectivity index (χ0n) is 11.2. The van der Waals surface area contributed by atoms with Gasteiger partial charge in [0, 0.05) is 12.1 Å². The van der Waals surface area contributed by atoms with Crippen molar-refractivity contribution in [1.29, 1.82) is 5.26 Å². The highest BCUT2D eigenvalue weighted by molar-refractivity contribution is 5.48. The molecule has 102 valence electrons. The SMILES string of the molecule is Cc1ccc(F)c(NCc2ccccc2OCC#N)c1. The number of hydrogen-bond donors (Lipinski definition) is 1. The summed E-state index contributed by atoms with van der Waals surface area (Å²) in [6, 6.07) is 14.2. The molecule has 0 aliphatic carbocycles. The summed E-state index contributed by atoms with van der Waals surface area (Å²) in [5, 5.41) is 11.6. The fraction of sp³-hybridized carbons (Fsp3) is 0.188. The number of para-hydroxylation sites is 1. The molecule has 0 aliphatic heterocycles. The van der Waals surface area contributed by atoms with Crippen LogP contribution in [0.1, 0.15) is 11.1 Å². The van der Waals surface area contributed by atoms with Crippen LogP contribution in [-0.4, -0.2) is 6.61 Å². The first kappa shape index (κ1) is 13.9. The summed E-state index contributed by atoms with van der Waals surface area (Å²) in [7, 11) is 0. The van der Waals surface area contributed by atoms with Crippen LogP contribution < -0.4 is 10.1 Å². The zero-order valence-corrected chi connectivity index (χ0v) is 11.2. The second-order valence-electron chi connectivity index (χ2n) is 4.39. The van der Waals surface area contributed by atoms with E-state index in [0.717, 1.165) is 11.1 Å². The molecule has 0 spiro atoms. The Balaban J connectivity index is 2.11. The van der Waals surface area contributed by atoms with Crippen molar-refractivity contribution in [3.8, 4) is 11.8 Å². The second-order valence-corrected chi connectivity index (χ2v) is 4.39. The minimum atomic E-state index is -0.286. The maximum absolute atomic E-state index is 13.6. The molecule has 1 N–H and O–H groups in total. The highest BCUT2D eigenvalue weighted by atomic mass is 19.1. The van der Waals surface area contributed by atoms with Gasteiger partial charge >= 0.3 is 0 Å². The molecule has 0 unspecified atom stereocenters. The van der Waals surface area contributed by atoms with Crippen LogP contribution in [0.3, 0.4) is 0 Å². The Kier molecular flexibility index (Phi) is 4.56. The average Bonchev–Trinajstić information content (AvgIpc) is 2.47. The van der Waals surface area contributed by atoms with E-state index in [1.807, 2.05) is 31.2 Å². The molecule has 0 saturated carbocycles. The van der Waals surface area contributed by atoms with Crippen molar-refractivity contribution < 1.29 is 9.13 Å². The van der Waals surface area contributed by atoms with Gasteiger partial charge in [-0.05, 0) is 30.7 Å². The molecule has 0 aliphatic rings. The Hall–Kier alpha value is -2.54. The van der Waals surface area contributed by atoms with Gasteiger partial charge in [0.15, 0.2) is 6.61 Å². The van der Waals surface area contributed by atoms with Crippen LogP contribution in [0.4, 0.5) is 10.1 Å². The summed E-state index contributed by atoms with van der Waals surface area (Å²) in [5.41, 5.74) is 2.33. The molecule has 3 nitrogen and oxygen atoms in total. The molecule has 2 aromatic carbocycles. The van der Waals surface area contributed by atoms with Gasteiger partial charge in [-0.25, -0.2) is 4.39 Å². The number of rotatable bonds is 5. The third-order valence-electron chi connectivity index (χ3n) is 2.86. The summed E-state index contributed by atoms with van der Waals surface area (Å²) >= 11 is 0. The Labute approximate surface area is 117 Å². The molecule has 0 atom stereocenters. The van der Waals surface area contributed by atoms with Crippen LogP contribution >= 0.6 is 0 Å². The summed E-state index contributed by atoms with van der Waals surface area (Å²) in [6.07, 6.45) is 0. The summed E-state index contributed by atoms with van der Waals surface area (Å²) < 4.78 is 19.0. The number of aryl methyl sites for hydroxylation is 1. The highest BCUT2D eigenvalue weighted by Gasteiger charge is 2.05. The fourth-order valence-corrected chi connectivity index (χ4v) is 1.87. The topological polar surface area (TPSA) is 45.0 Å². The number of nitriles is 1. The number of nitrogens with zero attached hydrogens (tertiary/aromatic N) is 1. The van der Waals surface area contributed by atoms with Crippen LogP contribution in [0.15, 0.2) is 42.5 Å². The van der Waals surface area contributed by atoms with Gasteiger partial charge in [-0.3, -0.25) is 0 Å². The lowest BCUT2D eigenvalue weighted by atomic mass is 10.1. The minimum Gasteiger partial charge on any atom is -0.478 e. The van der Waals surface area contributed by atoms with Crippen LogP contribution in [0.2, 0.25) is 0 Å². The summed E-state index contributed by atoms with van der Waals surface area (Å²) in [4.78, 5) is 0. The minimum absolute atomic E-state index is 0.00415. The summed E-state index contributed by atoms with van der Waals surface area (Å²) in [5.74, 6) is 0.348. The number of hydrogen-bond acceptors (Lipinski definition) is 3. The lowest BCUT2D eigenvalue weighted by Gasteiger charge is -2.12. The van der Waals surface area contributed by atoms with Crippen LogP contribution in [0, 0.1) is 24.1 Å². The average molecular weight is 270 g/mol. The van der Waals surface area contributed by atoms with E-state index in [0.29, 0.717) is 18.0 Å². The lowest BCUT2D eigenvalue weighted by Crippen LogP contribution is -2.05. The number of benzene rings is 2. The predicted molar refractivity (Wildman–Crippen MR) is 76.0 cm³/mol. The Morgan fingerprint density at radius 2 is 2.05 bits per heavy atom. The van der Waals surface area contributed by atoms with Gasteiger partial charge in [-0.15, -0.1) is 0 Å². The van der Waals surface area contributed by atoms with Crippen LogP contribution in [-0.2, 0) is 6.54 Å². The first-order valence-corrected chi connectivity index (χ1v) is 6.28. The lowest BCUT2D eigenvalue weighted by molar-refractivity contribution is 0.364. The maximum Gasteiger partial charge on any atom is 0.174 e. The number of ether oxygens (including phenoxy) is 1. The molecule has 20 heavy (non-hydrogen) atoms. The van der Waals surface area contributed by atoms with E-state index in [1.165, 1.54) is 6.07 Å². The highest BCUT2D eigenvalue weighted by Crippen LogP contribution is 2.21. The fourth-order valence-electron chi connectivity index (χ4n) is 1.87. The monoisotopic (exact) mass is 270 g/mol. The third-order valence-corrected chi connectivity index (χ3v) is 2.86. The Morgan fingerprint density at radius 3 is 2.85 bits per heavy atom. The normalized spacial score (nSPS) is 9.85. The van der Waals surface area contributed by atoms with Crippen molar-refractivity contribution >= 4 is 5.69 Å². The molecule has 0 saturated heterocycles. The van der Waals surface area contributed by atoms with Gasteiger partial charge in [0.05, 0.1) is 5.69 Å². The Morgan fingerprint density at radius 1 is 1.25 bits per heavy atom. The molecule has 0 aromatic heterocycles. The molecule has 4 heteroatoms. The van der Waals surface area contributed by atoms with Gasteiger partial charge in [0.2, 0.25) is 0 Å². The van der Waals surface area contributed by atoms with E-state index in [9.17, 15) is 4.39 Å². The third kappa shape index (κ3) is 3.48. The van der Waals surface area contributed by atoms with Crippen molar-refractivity contribution in [2.45, 2.75) is 13.5 Å². The largest absolute Gasteiger partial charge is 0.478 e. The van der Waals surface area contributed by atoms with Crippen molar-refractivity contribution in [1.82, 2.24) is 0 Å². The standard InChI is InChI=1S/C16H15FN2O/c1-12-6-7-14(17)15(10-12)19-11-13-4-2-3-5-16(13)20-9-8-18/h2-7,10,19H,9,11H2,1H3. The van der Waals surface area contributed by atoms with Crippen LogP contribution in [0.25, 0.3) is 0 Å². The molecule has 2 aromatic rings. The number of halogens is 1. The molecule has 0 fully saturated rings. The van der Waals surface area contributed by atoms with Gasteiger partial charge in [0.1, 0.15) is 17.6 Å². The first-order chi connectivity index (χ1) is 9.70. The molecule has 0 radical (unpaired) electrons. The van der Waals surface area contributed by atoms with Crippen molar-refractivity contribution in [3.63, 3.8) is 0 Å². The van der Waals surface area contributed by atoms with E-state index in [4.69, 9.17) is 10.00 Å². The van der Waals surface area contributed by atoms with Gasteiger partial charge in [-0.2, -0.15) is 5.26 Å². The Bertz CT molecular complexity index is 635. The molecular formula is C16H15FN2O. The maximum atomic E-state index is 13.6. The molecule has 2 rings (SSSR count). The zero-order chi connectivity index (χ0) is 14.4. The van der Waals surface area contributed by atoms with Gasteiger partial charge in [-0.1, -0.05) is 24.3 Å². The van der Waals surface area contributed by atoms with Crippen molar-refractivity contribution in [2.75, 3.05) is 11.9 Å².